The van der Waals surface area contributed by atoms with Crippen LogP contribution in [0.25, 0.3) is 70.3 Å². The molecule has 0 spiro atoms. The lowest BCUT2D eigenvalue weighted by atomic mass is 9.70. The van der Waals surface area contributed by atoms with E-state index in [0.717, 1.165) is 11.4 Å². The molecule has 3 aliphatic carbocycles. The number of para-hydroxylation sites is 1. The normalized spacial score (nSPS) is 16.4. The summed E-state index contributed by atoms with van der Waals surface area (Å²) in [5, 5.41) is 2.63. The average Bonchev–Trinajstić information content (AvgIpc) is 3.91. The molecule has 2 unspecified atom stereocenters. The van der Waals surface area contributed by atoms with Gasteiger partial charge < -0.3 is 4.90 Å². The van der Waals surface area contributed by atoms with E-state index in [4.69, 9.17) is 0 Å². The van der Waals surface area contributed by atoms with Crippen LogP contribution in [0.15, 0.2) is 254 Å². The van der Waals surface area contributed by atoms with Crippen molar-refractivity contribution in [2.24, 2.45) is 5.92 Å². The number of hydrogen-bond acceptors (Lipinski definition) is 2. The Morgan fingerprint density at radius 2 is 1.10 bits per heavy atom. The van der Waals surface area contributed by atoms with Gasteiger partial charge in [0.15, 0.2) is 0 Å². The van der Waals surface area contributed by atoms with Crippen LogP contribution in [0, 0.1) is 5.92 Å². The summed E-state index contributed by atoms with van der Waals surface area (Å²) < 4.78 is 2.60. The molecule has 328 valence electrons. The third kappa shape index (κ3) is 6.89. The molecule has 13 rings (SSSR count). The molecule has 3 aliphatic rings. The molecule has 2 atom stereocenters. The number of benzene rings is 9. The van der Waals surface area contributed by atoms with Crippen LogP contribution in [-0.4, -0.2) is 0 Å². The summed E-state index contributed by atoms with van der Waals surface area (Å²) in [5.41, 5.74) is 21.3. The van der Waals surface area contributed by atoms with Crippen molar-refractivity contribution >= 4 is 54.1 Å². The zero-order chi connectivity index (χ0) is 46.1. The van der Waals surface area contributed by atoms with E-state index < -0.39 is 0 Å². The first-order chi connectivity index (χ1) is 34.0. The first kappa shape index (κ1) is 41.2. The maximum absolute atomic E-state index is 2.51. The molecular weight excluding hydrogens is 851 g/mol. The zero-order valence-corrected chi connectivity index (χ0v) is 39.5. The van der Waals surface area contributed by atoms with Crippen molar-refractivity contribution in [3.8, 4) is 44.5 Å². The predicted molar refractivity (Wildman–Crippen MR) is 295 cm³/mol. The summed E-state index contributed by atoms with van der Waals surface area (Å²) in [7, 11) is 0. The highest BCUT2D eigenvalue weighted by atomic mass is 32.1. The summed E-state index contributed by atoms with van der Waals surface area (Å²) in [5.74, 6) is 0.526. The molecule has 0 amide bonds. The molecule has 1 nitrogen and oxygen atoms in total. The lowest BCUT2D eigenvalue weighted by Crippen LogP contribution is -2.19. The highest BCUT2D eigenvalue weighted by molar-refractivity contribution is 7.26. The Hall–Kier alpha value is -8.04. The van der Waals surface area contributed by atoms with E-state index in [9.17, 15) is 0 Å². The fraction of sp³-hybridized carbons (Fsp3) is 0.0746. The van der Waals surface area contributed by atoms with Gasteiger partial charge in [-0.2, -0.15) is 0 Å². The van der Waals surface area contributed by atoms with Gasteiger partial charge in [-0.05, 0) is 103 Å². The summed E-state index contributed by atoms with van der Waals surface area (Å²) in [4.78, 5) is 2.51. The van der Waals surface area contributed by atoms with Crippen LogP contribution in [0.5, 0.6) is 0 Å². The molecule has 69 heavy (non-hydrogen) atoms. The second-order valence-corrected chi connectivity index (χ2v) is 20.2. The van der Waals surface area contributed by atoms with E-state index in [1.165, 1.54) is 104 Å². The Kier molecular flexibility index (Phi) is 9.92. The molecule has 0 fully saturated rings. The molecule has 1 heterocycles. The first-order valence-electron chi connectivity index (χ1n) is 24.2. The van der Waals surface area contributed by atoms with Crippen molar-refractivity contribution < 1.29 is 0 Å². The van der Waals surface area contributed by atoms with E-state index in [0.29, 0.717) is 0 Å². The van der Waals surface area contributed by atoms with Crippen molar-refractivity contribution in [2.75, 3.05) is 4.90 Å². The highest BCUT2D eigenvalue weighted by Gasteiger charge is 2.38. The van der Waals surface area contributed by atoms with E-state index in [1.54, 1.807) is 0 Å². The fourth-order valence-electron chi connectivity index (χ4n) is 11.6. The lowest BCUT2D eigenvalue weighted by molar-refractivity contribution is 0.660. The Bertz CT molecular complexity index is 3730. The molecule has 0 bridgehead atoms. The van der Waals surface area contributed by atoms with Gasteiger partial charge >= 0.3 is 0 Å². The Balaban J connectivity index is 0.904. The monoisotopic (exact) mass is 899 g/mol. The summed E-state index contributed by atoms with van der Waals surface area (Å²) in [6.45, 7) is 4.74. The smallest absolute Gasteiger partial charge is 0.0543 e. The number of fused-ring (bicyclic) bond motifs is 7. The van der Waals surface area contributed by atoms with Gasteiger partial charge in [0.05, 0.1) is 11.4 Å². The Labute approximate surface area is 409 Å². The molecule has 0 saturated carbocycles. The molecular formula is C67H49NS. The number of anilines is 3. The minimum absolute atomic E-state index is 0.133. The zero-order valence-electron chi connectivity index (χ0n) is 38.7. The van der Waals surface area contributed by atoms with E-state index in [-0.39, 0.29) is 17.3 Å². The molecule has 10 aromatic rings. The van der Waals surface area contributed by atoms with Gasteiger partial charge in [-0.3, -0.25) is 0 Å². The van der Waals surface area contributed by atoms with Gasteiger partial charge in [0.2, 0.25) is 0 Å². The second-order valence-electron chi connectivity index (χ2n) is 19.2. The summed E-state index contributed by atoms with van der Waals surface area (Å²) >= 11 is 1.88. The third-order valence-corrected chi connectivity index (χ3v) is 16.1. The topological polar surface area (TPSA) is 3.24 Å². The first-order valence-corrected chi connectivity index (χ1v) is 25.0. The Morgan fingerprint density at radius 3 is 1.90 bits per heavy atom. The van der Waals surface area contributed by atoms with Crippen molar-refractivity contribution in [3.05, 3.63) is 277 Å². The average molecular weight is 900 g/mol. The van der Waals surface area contributed by atoms with E-state index in [1.807, 2.05) is 11.3 Å². The SMILES string of the molecule is CC1(C)c2ccccc2-c2c(N(c3ccc(-c4ccc(C5C=CC=C6C=CC=C(c7ccccc7)C65)cc4)cc3)c3ccccc3-c3ccc4c(c3)sc3cccc(-c5ccccc5)c34)cccc21. The van der Waals surface area contributed by atoms with Crippen molar-refractivity contribution in [2.45, 2.75) is 25.2 Å². The van der Waals surface area contributed by atoms with E-state index in [2.05, 4.69) is 268 Å². The summed E-state index contributed by atoms with van der Waals surface area (Å²) in [6, 6.07) is 78.9. The second kappa shape index (κ2) is 16.6. The van der Waals surface area contributed by atoms with Crippen LogP contribution < -0.4 is 4.90 Å². The van der Waals surface area contributed by atoms with Gasteiger partial charge in [0.1, 0.15) is 0 Å². The summed E-state index contributed by atoms with van der Waals surface area (Å²) in [6.07, 6.45) is 13.7. The maximum Gasteiger partial charge on any atom is 0.0543 e. The van der Waals surface area contributed by atoms with Crippen molar-refractivity contribution in [1.29, 1.82) is 0 Å². The van der Waals surface area contributed by atoms with Crippen LogP contribution in [-0.2, 0) is 5.41 Å². The Morgan fingerprint density at radius 1 is 0.464 bits per heavy atom. The van der Waals surface area contributed by atoms with Gasteiger partial charge in [0.25, 0.3) is 0 Å². The minimum Gasteiger partial charge on any atom is -0.309 e. The number of thiophene rings is 1. The van der Waals surface area contributed by atoms with Crippen molar-refractivity contribution in [1.82, 2.24) is 0 Å². The molecule has 2 heteroatoms. The van der Waals surface area contributed by atoms with Gasteiger partial charge in [0, 0.05) is 54.2 Å². The fourth-order valence-corrected chi connectivity index (χ4v) is 12.8. The third-order valence-electron chi connectivity index (χ3n) is 15.0. The number of nitrogens with zero attached hydrogens (tertiary/aromatic N) is 1. The van der Waals surface area contributed by atoms with Gasteiger partial charge in [-0.25, -0.2) is 0 Å². The van der Waals surface area contributed by atoms with Crippen LogP contribution in [0.3, 0.4) is 0 Å². The van der Waals surface area contributed by atoms with Gasteiger partial charge in [-0.1, -0.05) is 226 Å². The van der Waals surface area contributed by atoms with E-state index >= 15 is 0 Å². The molecule has 0 aliphatic heterocycles. The van der Waals surface area contributed by atoms with Gasteiger partial charge in [-0.15, -0.1) is 11.3 Å². The molecule has 0 radical (unpaired) electrons. The maximum atomic E-state index is 2.51. The van der Waals surface area contributed by atoms with Crippen molar-refractivity contribution in [3.63, 3.8) is 0 Å². The number of allylic oxidation sites excluding steroid dienone is 8. The number of rotatable bonds is 8. The number of hydrogen-bond donors (Lipinski definition) is 0. The standard InChI is InChI=1S/C67H49NS/c1-67(2)58-28-11-9-24-56(58)66-59(67)29-16-31-61(66)68(60-30-12-10-23-52(60)50-39-42-57-63(43-50)69-62-32-15-27-55(65(57)62)47-19-7-4-8-20-47)51-40-37-45(38-41-51)44-33-35-48(36-34-44)54-26-14-22-49-21-13-25-53(64(49)54)46-17-5-3-6-18-46/h3-43,54,64H,1-2H3. The van der Waals surface area contributed by atoms with Crippen LogP contribution in [0.2, 0.25) is 0 Å². The molecule has 1 aromatic heterocycles. The molecule has 0 N–H and O–H groups in total. The van der Waals surface area contributed by atoms with Crippen LogP contribution in [0.1, 0.15) is 42.0 Å². The molecule has 0 saturated heterocycles. The quantitative estimate of drug-likeness (QED) is 0.147. The largest absolute Gasteiger partial charge is 0.309 e. The van der Waals surface area contributed by atoms with Crippen LogP contribution >= 0.6 is 11.3 Å². The molecule has 9 aromatic carbocycles. The van der Waals surface area contributed by atoms with Crippen LogP contribution in [0.4, 0.5) is 17.1 Å². The lowest BCUT2D eigenvalue weighted by Gasteiger charge is -2.33. The predicted octanol–water partition coefficient (Wildman–Crippen LogP) is 18.7. The highest BCUT2D eigenvalue weighted by Crippen LogP contribution is 2.55. The minimum atomic E-state index is -0.133.